The number of aliphatic imine (C=N–C) groups is 1. The zero-order chi connectivity index (χ0) is 15.1. The van der Waals surface area contributed by atoms with Crippen LogP contribution >= 0.6 is 30.1 Å². The first-order chi connectivity index (χ1) is 9.22. The molecule has 0 atom stereocenters. The number of fused-ring (bicyclic) bond motifs is 1. The number of nitrogens with one attached hydrogen (secondary N) is 1. The Morgan fingerprint density at radius 2 is 1.85 bits per heavy atom. The van der Waals surface area contributed by atoms with Gasteiger partial charge in [-0.05, 0) is 28.3 Å². The van der Waals surface area contributed by atoms with Crippen molar-refractivity contribution < 1.29 is 0 Å². The van der Waals surface area contributed by atoms with Crippen LogP contribution in [0.3, 0.4) is 0 Å². The van der Waals surface area contributed by atoms with Crippen LogP contribution in [-0.2, 0) is 5.41 Å². The second kappa shape index (κ2) is 5.33. The number of hydrogen-bond donors (Lipinski definition) is 1. The summed E-state index contributed by atoms with van der Waals surface area (Å²) in [6.45, 7) is 8.81. The number of nitrogens with zero attached hydrogens (tertiary/aromatic N) is 2. The van der Waals surface area contributed by atoms with Gasteiger partial charge in [0.1, 0.15) is 5.84 Å². The Hall–Kier alpha value is -0.560. The molecule has 0 saturated heterocycles. The summed E-state index contributed by atoms with van der Waals surface area (Å²) in [5.41, 5.74) is 2.19. The zero-order valence-corrected chi connectivity index (χ0v) is 15.5. The van der Waals surface area contributed by atoms with Crippen LogP contribution in [0.1, 0.15) is 38.8 Å². The van der Waals surface area contributed by atoms with E-state index in [0.29, 0.717) is 5.17 Å². The van der Waals surface area contributed by atoms with Crippen molar-refractivity contribution in [1.29, 1.82) is 5.41 Å². The first-order valence-electron chi connectivity index (χ1n) is 6.53. The maximum Gasteiger partial charge on any atom is 0.172 e. The third-order valence-corrected chi connectivity index (χ3v) is 6.12. The molecule has 0 amide bonds. The predicted molar refractivity (Wildman–Crippen MR) is 97.2 cm³/mol. The topological polar surface area (TPSA) is 39.5 Å². The van der Waals surface area contributed by atoms with E-state index in [2.05, 4.69) is 67.1 Å². The number of amidine groups is 2. The lowest BCUT2D eigenvalue weighted by Gasteiger charge is -2.45. The molecule has 0 aliphatic carbocycles. The fraction of sp³-hybridized carbons (Fsp3) is 0.467. The molecule has 1 aromatic rings. The zero-order valence-electron chi connectivity index (χ0n) is 12.5. The molecular weight excluding hydrogens is 381 g/mol. The van der Waals surface area contributed by atoms with Gasteiger partial charge in [0.2, 0.25) is 0 Å². The van der Waals surface area contributed by atoms with Crippen molar-refractivity contribution in [3.63, 3.8) is 0 Å². The molecule has 0 aromatic heterocycles. The van der Waals surface area contributed by atoms with E-state index in [1.165, 1.54) is 14.5 Å². The Kier molecular flexibility index (Phi) is 4.22. The largest absolute Gasteiger partial charge is 0.308 e. The summed E-state index contributed by atoms with van der Waals surface area (Å²) < 4.78 is 0. The highest BCUT2D eigenvalue weighted by Crippen LogP contribution is 2.43. The molecule has 20 heavy (non-hydrogen) atoms. The van der Waals surface area contributed by atoms with Crippen LogP contribution in [0.4, 0.5) is 0 Å². The van der Waals surface area contributed by atoms with Crippen molar-refractivity contribution in [2.24, 2.45) is 4.99 Å². The van der Waals surface area contributed by atoms with Crippen molar-refractivity contribution in [3.05, 3.63) is 35.4 Å². The lowest BCUT2D eigenvalue weighted by atomic mass is 9.67. The van der Waals surface area contributed by atoms with Crippen LogP contribution in [0, 0.1) is 5.41 Å². The highest BCUT2D eigenvalue weighted by atomic mass is 127. The molecule has 0 unspecified atom stereocenters. The van der Waals surface area contributed by atoms with Gasteiger partial charge in [0.05, 0.1) is 5.54 Å². The Labute approximate surface area is 137 Å². The molecule has 1 aliphatic rings. The highest BCUT2D eigenvalue weighted by molar-refractivity contribution is 14.2. The monoisotopic (exact) mass is 401 g/mol. The SMILES string of the molecule is CN(C(=N)SI)C1=NC(C)(C)C(C)(C)c2ccccc21. The Bertz CT molecular complexity index is 578. The second-order valence-corrected chi connectivity index (χ2v) is 7.97. The van der Waals surface area contributed by atoms with Gasteiger partial charge in [-0.3, -0.25) is 10.4 Å². The Morgan fingerprint density at radius 1 is 1.25 bits per heavy atom. The fourth-order valence-corrected chi connectivity index (χ4v) is 3.50. The van der Waals surface area contributed by atoms with Crippen LogP contribution < -0.4 is 0 Å². The van der Waals surface area contributed by atoms with E-state index in [1.807, 2.05) is 18.0 Å². The summed E-state index contributed by atoms with van der Waals surface area (Å²) in [5, 5.41) is 8.54. The molecule has 3 nitrogen and oxygen atoms in total. The van der Waals surface area contributed by atoms with Crippen LogP contribution in [0.5, 0.6) is 0 Å². The minimum Gasteiger partial charge on any atom is -0.308 e. The van der Waals surface area contributed by atoms with Gasteiger partial charge in [0, 0.05) is 39.2 Å². The predicted octanol–water partition coefficient (Wildman–Crippen LogP) is 4.45. The van der Waals surface area contributed by atoms with E-state index >= 15 is 0 Å². The molecule has 0 fully saturated rings. The van der Waals surface area contributed by atoms with Gasteiger partial charge in [0.15, 0.2) is 5.17 Å². The average Bonchev–Trinajstić information content (AvgIpc) is 2.42. The third kappa shape index (κ3) is 2.39. The molecule has 0 spiro atoms. The van der Waals surface area contributed by atoms with Gasteiger partial charge in [0.25, 0.3) is 0 Å². The maximum absolute atomic E-state index is 8.05. The van der Waals surface area contributed by atoms with Crippen molar-refractivity contribution in [3.8, 4) is 0 Å². The van der Waals surface area contributed by atoms with Gasteiger partial charge < -0.3 is 4.90 Å². The molecule has 2 rings (SSSR count). The lowest BCUT2D eigenvalue weighted by Crippen LogP contribution is -2.49. The van der Waals surface area contributed by atoms with Gasteiger partial charge in [-0.15, -0.1) is 0 Å². The summed E-state index contributed by atoms with van der Waals surface area (Å²) in [5.74, 6) is 0.888. The van der Waals surface area contributed by atoms with E-state index in [-0.39, 0.29) is 11.0 Å². The number of halogens is 1. The fourth-order valence-electron chi connectivity index (χ4n) is 2.42. The lowest BCUT2D eigenvalue weighted by molar-refractivity contribution is 0.300. The standard InChI is InChI=1S/C15H20IN3S/c1-14(2)11-9-7-6-8-10(11)12(18-15(14,3)4)19(5)13(17)20-16/h6-9,17H,1-5H3. The summed E-state index contributed by atoms with van der Waals surface area (Å²) in [6, 6.07) is 8.41. The molecule has 0 bridgehead atoms. The van der Waals surface area contributed by atoms with Crippen molar-refractivity contribution in [2.45, 2.75) is 38.6 Å². The molecule has 0 radical (unpaired) electrons. The number of benzene rings is 1. The van der Waals surface area contributed by atoms with Gasteiger partial charge in [-0.25, -0.2) is 0 Å². The normalized spacial score (nSPS) is 19.0. The molecule has 1 N–H and O–H groups in total. The third-order valence-electron chi connectivity index (χ3n) is 4.45. The van der Waals surface area contributed by atoms with Crippen LogP contribution in [0.15, 0.2) is 29.3 Å². The minimum absolute atomic E-state index is 0.0341. The van der Waals surface area contributed by atoms with Crippen molar-refractivity contribution in [2.75, 3.05) is 7.05 Å². The van der Waals surface area contributed by atoms with Crippen molar-refractivity contribution >= 4 is 41.1 Å². The summed E-state index contributed by atoms with van der Waals surface area (Å²) in [7, 11) is 3.31. The van der Waals surface area contributed by atoms with Gasteiger partial charge >= 0.3 is 0 Å². The molecule has 1 heterocycles. The molecule has 1 aliphatic heterocycles. The van der Waals surface area contributed by atoms with Crippen LogP contribution in [0.2, 0.25) is 0 Å². The van der Waals surface area contributed by atoms with E-state index in [9.17, 15) is 0 Å². The number of rotatable bonds is 0. The Morgan fingerprint density at radius 3 is 2.45 bits per heavy atom. The number of hydrogen-bond acceptors (Lipinski definition) is 3. The molecule has 0 saturated carbocycles. The summed E-state index contributed by atoms with van der Waals surface area (Å²) in [4.78, 5) is 6.83. The second-order valence-electron chi connectivity index (χ2n) is 6.11. The highest BCUT2D eigenvalue weighted by Gasteiger charge is 2.44. The van der Waals surface area contributed by atoms with Gasteiger partial charge in [-0.2, -0.15) is 0 Å². The van der Waals surface area contributed by atoms with Crippen LogP contribution in [0.25, 0.3) is 0 Å². The van der Waals surface area contributed by atoms with E-state index in [4.69, 9.17) is 10.4 Å². The summed E-state index contributed by atoms with van der Waals surface area (Å²) in [6.07, 6.45) is 0. The smallest absolute Gasteiger partial charge is 0.172 e. The molecule has 1 aromatic carbocycles. The first kappa shape index (κ1) is 15.8. The van der Waals surface area contributed by atoms with E-state index < -0.39 is 0 Å². The molecular formula is C15H20IN3S. The quantitative estimate of drug-likeness (QED) is 0.396. The first-order valence-corrected chi connectivity index (χ1v) is 9.89. The molecule has 108 valence electrons. The van der Waals surface area contributed by atoms with Crippen molar-refractivity contribution in [1.82, 2.24) is 4.90 Å². The van der Waals surface area contributed by atoms with E-state index in [1.54, 1.807) is 0 Å². The maximum atomic E-state index is 8.05. The molecule has 5 heteroatoms. The average molecular weight is 401 g/mol. The minimum atomic E-state index is -0.207. The van der Waals surface area contributed by atoms with Crippen LogP contribution in [-0.4, -0.2) is 28.5 Å². The summed E-state index contributed by atoms with van der Waals surface area (Å²) >= 11 is 2.14. The van der Waals surface area contributed by atoms with E-state index in [0.717, 1.165) is 11.4 Å². The Balaban J connectivity index is 2.64. The van der Waals surface area contributed by atoms with Gasteiger partial charge in [-0.1, -0.05) is 38.1 Å².